The van der Waals surface area contributed by atoms with Gasteiger partial charge in [0.15, 0.2) is 17.6 Å². The van der Waals surface area contributed by atoms with Gasteiger partial charge in [-0.05, 0) is 70.1 Å². The van der Waals surface area contributed by atoms with E-state index in [9.17, 15) is 10.1 Å². The fourth-order valence-corrected chi connectivity index (χ4v) is 3.69. The van der Waals surface area contributed by atoms with E-state index in [1.165, 1.54) is 0 Å². The molecule has 3 aromatic rings. The summed E-state index contributed by atoms with van der Waals surface area (Å²) in [5.74, 6) is 2.13. The lowest BCUT2D eigenvalue weighted by molar-refractivity contribution is -0.384. The highest BCUT2D eigenvalue weighted by atomic mass is 127. The lowest BCUT2D eigenvalue weighted by Crippen LogP contribution is -2.21. The quantitative estimate of drug-likeness (QED) is 0.270. The minimum Gasteiger partial charge on any atom is -0.497 e. The third-order valence-electron chi connectivity index (χ3n) is 4.79. The molecule has 8 heteroatoms. The molecule has 1 unspecified atom stereocenters. The maximum atomic E-state index is 11.3. The Balaban J connectivity index is 1.45. The zero-order chi connectivity index (χ0) is 21.1. The van der Waals surface area contributed by atoms with Crippen molar-refractivity contribution in [3.05, 3.63) is 85.5 Å². The second kappa shape index (κ2) is 8.78. The van der Waals surface area contributed by atoms with Gasteiger partial charge in [0, 0.05) is 16.2 Å². The summed E-state index contributed by atoms with van der Waals surface area (Å²) in [7, 11) is 1.63. The van der Waals surface area contributed by atoms with Crippen molar-refractivity contribution in [2.45, 2.75) is 12.6 Å². The molecule has 0 bridgehead atoms. The number of nitrogens with zero attached hydrogens (tertiary/aromatic N) is 1. The molecule has 0 amide bonds. The average molecular weight is 518 g/mol. The molecule has 0 saturated carbocycles. The molecule has 3 aromatic carbocycles. The van der Waals surface area contributed by atoms with Gasteiger partial charge in [0.2, 0.25) is 0 Å². The topological polar surface area (TPSA) is 82.9 Å². The average Bonchev–Trinajstić information content (AvgIpc) is 2.77. The zero-order valence-electron chi connectivity index (χ0n) is 16.1. The fourth-order valence-electron chi connectivity index (χ4n) is 3.21. The van der Waals surface area contributed by atoms with Crippen LogP contribution in [0.5, 0.6) is 17.2 Å². The van der Waals surface area contributed by atoms with Crippen molar-refractivity contribution in [1.82, 2.24) is 0 Å². The second-order valence-corrected chi connectivity index (χ2v) is 7.99. The van der Waals surface area contributed by atoms with Gasteiger partial charge in [0.1, 0.15) is 18.0 Å². The summed E-state index contributed by atoms with van der Waals surface area (Å²) in [5.41, 5.74) is 2.49. The smallest absolute Gasteiger partial charge is 0.293 e. The van der Waals surface area contributed by atoms with E-state index in [0.29, 0.717) is 30.3 Å². The minimum atomic E-state index is -0.381. The third kappa shape index (κ3) is 4.43. The van der Waals surface area contributed by atoms with Crippen molar-refractivity contribution in [3.8, 4) is 17.2 Å². The highest BCUT2D eigenvalue weighted by Crippen LogP contribution is 2.37. The third-order valence-corrected chi connectivity index (χ3v) is 5.47. The summed E-state index contributed by atoms with van der Waals surface area (Å²) in [6.07, 6.45) is -0.193. The Morgan fingerprint density at radius 2 is 1.93 bits per heavy atom. The number of nitrogens with one attached hydrogen (secondary N) is 1. The van der Waals surface area contributed by atoms with Crippen LogP contribution in [-0.2, 0) is 6.54 Å². The van der Waals surface area contributed by atoms with Crippen LogP contribution in [0.3, 0.4) is 0 Å². The Labute approximate surface area is 187 Å². The van der Waals surface area contributed by atoms with Crippen LogP contribution < -0.4 is 19.5 Å². The number of nitro groups is 1. The number of ether oxygens (including phenoxy) is 3. The van der Waals surface area contributed by atoms with Crippen LogP contribution >= 0.6 is 22.6 Å². The number of hydrogen-bond donors (Lipinski definition) is 1. The van der Waals surface area contributed by atoms with E-state index in [4.69, 9.17) is 14.2 Å². The molecule has 1 heterocycles. The van der Waals surface area contributed by atoms with Gasteiger partial charge in [-0.3, -0.25) is 10.1 Å². The first-order valence-electron chi connectivity index (χ1n) is 9.27. The van der Waals surface area contributed by atoms with E-state index < -0.39 is 0 Å². The van der Waals surface area contributed by atoms with Crippen LogP contribution in [0.1, 0.15) is 17.2 Å². The van der Waals surface area contributed by atoms with Crippen LogP contribution in [0.15, 0.2) is 60.7 Å². The van der Waals surface area contributed by atoms with Gasteiger partial charge >= 0.3 is 0 Å². The largest absolute Gasteiger partial charge is 0.497 e. The number of hydrogen-bond acceptors (Lipinski definition) is 6. The predicted octanol–water partition coefficient (Wildman–Crippen LogP) is 5.33. The normalized spacial score (nSPS) is 14.8. The van der Waals surface area contributed by atoms with Gasteiger partial charge in [0.25, 0.3) is 5.69 Å². The molecule has 0 spiro atoms. The van der Waals surface area contributed by atoms with Gasteiger partial charge < -0.3 is 19.5 Å². The Kier molecular flexibility index (Phi) is 5.93. The van der Waals surface area contributed by atoms with Crippen molar-refractivity contribution in [3.63, 3.8) is 0 Å². The number of rotatable bonds is 6. The molecule has 154 valence electrons. The molecule has 1 atom stereocenters. The Bertz CT molecular complexity index is 1070. The van der Waals surface area contributed by atoms with Gasteiger partial charge in [-0.1, -0.05) is 18.2 Å². The Morgan fingerprint density at radius 3 is 2.67 bits per heavy atom. The van der Waals surface area contributed by atoms with Gasteiger partial charge in [-0.2, -0.15) is 0 Å². The standard InChI is InChI=1S/C22H19IN2O5/c1-28-17-6-3-15(4-7-17)22-13-29-21-10-14(2-9-20(21)30-22)12-24-18-8-5-16(23)11-19(18)25(26)27/h2-11,22,24H,12-13H2,1H3. The summed E-state index contributed by atoms with van der Waals surface area (Å²) in [5, 5.41) is 14.4. The molecule has 0 aromatic heterocycles. The van der Waals surface area contributed by atoms with Crippen molar-refractivity contribution in [1.29, 1.82) is 0 Å². The first-order valence-corrected chi connectivity index (χ1v) is 10.4. The Morgan fingerprint density at radius 1 is 1.13 bits per heavy atom. The Hall–Kier alpha value is -3.01. The molecule has 0 fully saturated rings. The molecular formula is C22H19IN2O5. The lowest BCUT2D eigenvalue weighted by Gasteiger charge is -2.27. The molecule has 1 aliphatic rings. The fraction of sp³-hybridized carbons (Fsp3) is 0.182. The molecule has 1 aliphatic heterocycles. The summed E-state index contributed by atoms with van der Waals surface area (Å²) < 4.78 is 18.0. The van der Waals surface area contributed by atoms with E-state index >= 15 is 0 Å². The first kappa shape index (κ1) is 20.3. The van der Waals surface area contributed by atoms with Crippen LogP contribution in [0.4, 0.5) is 11.4 Å². The number of halogens is 1. The van der Waals surface area contributed by atoms with Crippen LogP contribution in [0.25, 0.3) is 0 Å². The van der Waals surface area contributed by atoms with Gasteiger partial charge in [-0.15, -0.1) is 0 Å². The van der Waals surface area contributed by atoms with Crippen molar-refractivity contribution >= 4 is 34.0 Å². The zero-order valence-corrected chi connectivity index (χ0v) is 18.3. The minimum absolute atomic E-state index is 0.0572. The SMILES string of the molecule is COc1ccc(C2COc3cc(CNc4ccc(I)cc4[N+](=O)[O-])ccc3O2)cc1. The number of benzene rings is 3. The van der Waals surface area contributed by atoms with Gasteiger partial charge in [0.05, 0.1) is 12.0 Å². The number of fused-ring (bicyclic) bond motifs is 1. The van der Waals surface area contributed by atoms with Crippen LogP contribution in [0, 0.1) is 13.7 Å². The number of anilines is 1. The molecule has 0 saturated heterocycles. The van der Waals surface area contributed by atoms with Crippen molar-refractivity contribution in [2.24, 2.45) is 0 Å². The lowest BCUT2D eigenvalue weighted by atomic mass is 10.1. The molecule has 7 nitrogen and oxygen atoms in total. The summed E-state index contributed by atoms with van der Waals surface area (Å²) in [6, 6.07) is 18.5. The molecule has 4 rings (SSSR count). The van der Waals surface area contributed by atoms with Gasteiger partial charge in [-0.25, -0.2) is 0 Å². The molecule has 30 heavy (non-hydrogen) atoms. The van der Waals surface area contributed by atoms with E-state index in [1.807, 2.05) is 48.5 Å². The summed E-state index contributed by atoms with van der Waals surface area (Å²) >= 11 is 2.06. The molecule has 1 N–H and O–H groups in total. The predicted molar refractivity (Wildman–Crippen MR) is 121 cm³/mol. The van der Waals surface area contributed by atoms with Crippen molar-refractivity contribution < 1.29 is 19.1 Å². The van der Waals surface area contributed by atoms with E-state index in [0.717, 1.165) is 20.4 Å². The van der Waals surface area contributed by atoms with Crippen LogP contribution in [-0.4, -0.2) is 18.6 Å². The second-order valence-electron chi connectivity index (χ2n) is 6.74. The van der Waals surface area contributed by atoms with E-state index in [1.54, 1.807) is 19.2 Å². The highest BCUT2D eigenvalue weighted by Gasteiger charge is 2.23. The molecule has 0 radical (unpaired) electrons. The maximum Gasteiger partial charge on any atom is 0.293 e. The molecule has 0 aliphatic carbocycles. The van der Waals surface area contributed by atoms with E-state index in [-0.39, 0.29) is 16.7 Å². The van der Waals surface area contributed by atoms with Crippen LogP contribution in [0.2, 0.25) is 0 Å². The van der Waals surface area contributed by atoms with E-state index in [2.05, 4.69) is 27.9 Å². The molecular weight excluding hydrogens is 499 g/mol. The number of nitro benzene ring substituents is 1. The maximum absolute atomic E-state index is 11.3. The monoisotopic (exact) mass is 518 g/mol. The summed E-state index contributed by atoms with van der Waals surface area (Å²) in [6.45, 7) is 0.832. The van der Waals surface area contributed by atoms with Crippen molar-refractivity contribution in [2.75, 3.05) is 19.0 Å². The first-order chi connectivity index (χ1) is 14.5. The summed E-state index contributed by atoms with van der Waals surface area (Å²) in [4.78, 5) is 10.9. The highest BCUT2D eigenvalue weighted by molar-refractivity contribution is 14.1. The number of methoxy groups -OCH3 is 1.